The molecule has 2 fully saturated rings. The normalized spacial score (nSPS) is 37.5. The van der Waals surface area contributed by atoms with E-state index in [2.05, 4.69) is 5.32 Å². The van der Waals surface area contributed by atoms with E-state index in [9.17, 15) is 45.5 Å². The number of benzene rings is 1. The van der Waals surface area contributed by atoms with Crippen LogP contribution in [-0.4, -0.2) is 110 Å². The number of nitrogens with one attached hydrogen (secondary N) is 1. The van der Waals surface area contributed by atoms with Gasteiger partial charge in [-0.2, -0.15) is 0 Å². The zero-order valence-electron chi connectivity index (χ0n) is 18.5. The molecule has 0 saturated carbocycles. The van der Waals surface area contributed by atoms with Gasteiger partial charge in [0.05, 0.1) is 24.2 Å². The summed E-state index contributed by atoms with van der Waals surface area (Å²) in [5, 5.41) is 74.0. The molecule has 0 bridgehead atoms. The molecule has 1 amide bonds. The highest BCUT2D eigenvalue weighted by atomic mass is 16.7. The second-order valence-corrected chi connectivity index (χ2v) is 8.23. The van der Waals surface area contributed by atoms with Gasteiger partial charge >= 0.3 is 0 Å². The molecule has 0 radical (unpaired) electrons. The highest BCUT2D eigenvalue weighted by Gasteiger charge is 2.57. The van der Waals surface area contributed by atoms with Crippen LogP contribution in [0.1, 0.15) is 13.3 Å². The molecular weight excluding hydrogens is 476 g/mol. The van der Waals surface area contributed by atoms with E-state index in [0.29, 0.717) is 0 Å². The van der Waals surface area contributed by atoms with Crippen molar-refractivity contribution in [3.05, 3.63) is 34.4 Å². The van der Waals surface area contributed by atoms with Crippen LogP contribution < -0.4 is 10.1 Å². The highest BCUT2D eigenvalue weighted by Crippen LogP contribution is 2.32. The Morgan fingerprint density at radius 2 is 1.83 bits per heavy atom. The maximum absolute atomic E-state index is 11.7. The SMILES string of the molecule is CC(=O)N[C@]1(O)[C@H](Oc2ccc([N+](=O)[O-])cc2)O[C@H](CO[C@H]2C[C@@H](O)[C@@H](O)[C@@H](CO)O2)[C@@H](O)[C@@H]1O. The van der Waals surface area contributed by atoms with Crippen LogP contribution in [0.2, 0.25) is 0 Å². The number of ether oxygens (including phenoxy) is 4. The summed E-state index contributed by atoms with van der Waals surface area (Å²) in [4.78, 5) is 21.9. The van der Waals surface area contributed by atoms with Crippen molar-refractivity contribution in [1.82, 2.24) is 5.32 Å². The predicted octanol–water partition coefficient (Wildman–Crippen LogP) is -2.91. The van der Waals surface area contributed by atoms with Crippen LogP contribution in [0.5, 0.6) is 5.75 Å². The predicted molar refractivity (Wildman–Crippen MR) is 111 cm³/mol. The number of rotatable bonds is 8. The minimum Gasteiger partial charge on any atom is -0.460 e. The summed E-state index contributed by atoms with van der Waals surface area (Å²) >= 11 is 0. The molecule has 0 aromatic heterocycles. The lowest BCUT2D eigenvalue weighted by atomic mass is 9.93. The molecule has 1 aromatic rings. The summed E-state index contributed by atoms with van der Waals surface area (Å²) in [6.07, 6.45) is -11.9. The van der Waals surface area contributed by atoms with E-state index in [1.165, 1.54) is 12.1 Å². The summed E-state index contributed by atoms with van der Waals surface area (Å²) in [6, 6.07) is 4.66. The van der Waals surface area contributed by atoms with Crippen molar-refractivity contribution in [2.45, 2.75) is 68.3 Å². The van der Waals surface area contributed by atoms with E-state index < -0.39 is 79.0 Å². The quantitative estimate of drug-likeness (QED) is 0.107. The minimum atomic E-state index is -2.62. The van der Waals surface area contributed by atoms with Gasteiger partial charge in [0, 0.05) is 25.5 Å². The van der Waals surface area contributed by atoms with Crippen LogP contribution in [0.4, 0.5) is 5.69 Å². The number of aliphatic hydroxyl groups excluding tert-OH is 5. The monoisotopic (exact) mass is 504 g/mol. The maximum atomic E-state index is 11.7. The molecule has 1 aromatic carbocycles. The number of carbonyl (C=O) groups excluding carboxylic acids is 1. The van der Waals surface area contributed by atoms with Crippen molar-refractivity contribution >= 4 is 11.6 Å². The molecule has 7 N–H and O–H groups in total. The zero-order valence-corrected chi connectivity index (χ0v) is 18.5. The van der Waals surface area contributed by atoms with Crippen LogP contribution >= 0.6 is 0 Å². The van der Waals surface area contributed by atoms with Gasteiger partial charge < -0.3 is 54.9 Å². The summed E-state index contributed by atoms with van der Waals surface area (Å²) in [5.74, 6) is -0.807. The number of nitro groups is 1. The van der Waals surface area contributed by atoms with E-state index in [1.807, 2.05) is 0 Å². The molecule has 2 aliphatic rings. The molecule has 0 unspecified atom stereocenters. The molecule has 15 heteroatoms. The number of aliphatic hydroxyl groups is 6. The van der Waals surface area contributed by atoms with E-state index in [1.54, 1.807) is 0 Å². The third-order valence-electron chi connectivity index (χ3n) is 5.64. The second kappa shape index (κ2) is 11.1. The third-order valence-corrected chi connectivity index (χ3v) is 5.64. The molecule has 2 saturated heterocycles. The van der Waals surface area contributed by atoms with Crippen molar-refractivity contribution < 1.29 is 59.3 Å². The fourth-order valence-electron chi connectivity index (χ4n) is 3.76. The van der Waals surface area contributed by atoms with Crippen LogP contribution in [-0.2, 0) is 19.0 Å². The lowest BCUT2D eigenvalue weighted by Gasteiger charge is -2.47. The molecule has 0 aliphatic carbocycles. The average molecular weight is 504 g/mol. The lowest BCUT2D eigenvalue weighted by molar-refractivity contribution is -0.384. The first kappa shape index (κ1) is 27.1. The Morgan fingerprint density at radius 1 is 1.17 bits per heavy atom. The smallest absolute Gasteiger partial charge is 0.269 e. The van der Waals surface area contributed by atoms with Crippen LogP contribution in [0.3, 0.4) is 0 Å². The summed E-state index contributed by atoms with van der Waals surface area (Å²) in [5.41, 5.74) is -2.85. The molecule has 196 valence electrons. The number of amides is 1. The Hall–Kier alpha value is -2.47. The fourth-order valence-corrected chi connectivity index (χ4v) is 3.76. The Labute approximate surface area is 198 Å². The number of hydrogen-bond donors (Lipinski definition) is 7. The summed E-state index contributed by atoms with van der Waals surface area (Å²) in [6.45, 7) is 0.00130. The van der Waals surface area contributed by atoms with Crippen molar-refractivity contribution in [2.24, 2.45) is 0 Å². The number of nitrogens with zero attached hydrogens (tertiary/aromatic N) is 1. The first-order chi connectivity index (χ1) is 16.5. The molecule has 35 heavy (non-hydrogen) atoms. The van der Waals surface area contributed by atoms with Gasteiger partial charge in [-0.3, -0.25) is 14.9 Å². The number of hydrogen-bond acceptors (Lipinski definition) is 13. The van der Waals surface area contributed by atoms with Gasteiger partial charge in [-0.25, -0.2) is 0 Å². The van der Waals surface area contributed by atoms with Gasteiger partial charge in [0.2, 0.25) is 11.6 Å². The Kier molecular flexibility index (Phi) is 8.58. The van der Waals surface area contributed by atoms with Crippen LogP contribution in [0, 0.1) is 10.1 Å². The van der Waals surface area contributed by atoms with E-state index in [-0.39, 0.29) is 17.9 Å². The van der Waals surface area contributed by atoms with Crippen molar-refractivity contribution in [3.63, 3.8) is 0 Å². The second-order valence-electron chi connectivity index (χ2n) is 8.23. The highest BCUT2D eigenvalue weighted by molar-refractivity contribution is 5.73. The van der Waals surface area contributed by atoms with Gasteiger partial charge in [-0.05, 0) is 12.1 Å². The molecule has 9 atom stereocenters. The maximum Gasteiger partial charge on any atom is 0.269 e. The molecule has 0 spiro atoms. The van der Waals surface area contributed by atoms with E-state index >= 15 is 0 Å². The van der Waals surface area contributed by atoms with E-state index in [4.69, 9.17) is 18.9 Å². The van der Waals surface area contributed by atoms with Gasteiger partial charge in [0.15, 0.2) is 6.29 Å². The lowest BCUT2D eigenvalue weighted by Crippen LogP contribution is -2.74. The third kappa shape index (κ3) is 6.03. The van der Waals surface area contributed by atoms with Gasteiger partial charge in [-0.15, -0.1) is 0 Å². The molecule has 2 heterocycles. The Balaban J connectivity index is 1.75. The summed E-state index contributed by atoms with van der Waals surface area (Å²) in [7, 11) is 0. The molecule has 15 nitrogen and oxygen atoms in total. The largest absolute Gasteiger partial charge is 0.460 e. The van der Waals surface area contributed by atoms with Crippen molar-refractivity contribution in [3.8, 4) is 5.75 Å². The van der Waals surface area contributed by atoms with E-state index in [0.717, 1.165) is 19.1 Å². The number of nitro benzene ring substituents is 1. The van der Waals surface area contributed by atoms with Crippen molar-refractivity contribution in [2.75, 3.05) is 13.2 Å². The van der Waals surface area contributed by atoms with Gasteiger partial charge in [0.25, 0.3) is 12.0 Å². The molecule has 2 aliphatic heterocycles. The minimum absolute atomic E-state index is 0.0221. The van der Waals surface area contributed by atoms with Crippen LogP contribution in [0.25, 0.3) is 0 Å². The number of carbonyl (C=O) groups is 1. The zero-order chi connectivity index (χ0) is 25.9. The Morgan fingerprint density at radius 3 is 2.40 bits per heavy atom. The van der Waals surface area contributed by atoms with Gasteiger partial charge in [0.1, 0.15) is 36.3 Å². The molecule has 3 rings (SSSR count). The summed E-state index contributed by atoms with van der Waals surface area (Å²) < 4.78 is 22.0. The topological polar surface area (TPSA) is 231 Å². The molecular formula is C20H28N2O13. The number of non-ortho nitro benzene ring substituents is 1. The van der Waals surface area contributed by atoms with Crippen LogP contribution in [0.15, 0.2) is 24.3 Å². The fraction of sp³-hybridized carbons (Fsp3) is 0.650. The standard InChI is InChI=1S/C20H28N2O13/c1-9(24)21-20(29)18(28)17(27)14(8-32-15-6-12(25)16(26)13(7-23)34-15)35-19(20)33-11-4-2-10(3-5-11)22(30)31/h2-5,12-19,23,25-29H,6-8H2,1H3,(H,21,24)/t12-,13-,14-,15-,16-,17-,18+,19-,20-/m1/s1. The Bertz CT molecular complexity index is 886. The van der Waals surface area contributed by atoms with Gasteiger partial charge in [-0.1, -0.05) is 0 Å². The van der Waals surface area contributed by atoms with Crippen molar-refractivity contribution in [1.29, 1.82) is 0 Å². The average Bonchev–Trinajstić information content (AvgIpc) is 2.80. The first-order valence-corrected chi connectivity index (χ1v) is 10.6. The first-order valence-electron chi connectivity index (χ1n) is 10.6.